The number of rotatable bonds is 4. The fourth-order valence-corrected chi connectivity index (χ4v) is 5.15. The van der Waals surface area contributed by atoms with Crippen LogP contribution in [0.15, 0.2) is 58.5 Å². The van der Waals surface area contributed by atoms with Gasteiger partial charge in [0, 0.05) is 29.1 Å². The highest BCUT2D eigenvalue weighted by Crippen LogP contribution is 2.43. The average molecular weight is 446 g/mol. The van der Waals surface area contributed by atoms with Crippen molar-refractivity contribution >= 4 is 22.9 Å². The summed E-state index contributed by atoms with van der Waals surface area (Å²) in [5.74, 6) is 0.944. The highest BCUT2D eigenvalue weighted by atomic mass is 19.1. The molecule has 1 aromatic heterocycles. The van der Waals surface area contributed by atoms with E-state index in [9.17, 15) is 0 Å². The van der Waals surface area contributed by atoms with Crippen LogP contribution in [0.5, 0.6) is 0 Å². The zero-order valence-corrected chi connectivity index (χ0v) is 20.0. The molecule has 4 heterocycles. The quantitative estimate of drug-likeness (QED) is 0.603. The van der Waals surface area contributed by atoms with Crippen molar-refractivity contribution in [3.63, 3.8) is 0 Å². The Hall–Kier alpha value is -2.86. The summed E-state index contributed by atoms with van der Waals surface area (Å²) in [4.78, 5) is 18.1. The van der Waals surface area contributed by atoms with Crippen LogP contribution in [0, 0.1) is 0 Å². The fourth-order valence-electron chi connectivity index (χ4n) is 5.15. The number of anilines is 1. The second kappa shape index (κ2) is 8.49. The summed E-state index contributed by atoms with van der Waals surface area (Å²) in [7, 11) is 2.17. The minimum Gasteiger partial charge on any atom is -0.310 e. The number of fused-ring (bicyclic) bond motifs is 1. The molecule has 2 aromatic rings. The van der Waals surface area contributed by atoms with Gasteiger partial charge in [-0.15, -0.1) is 0 Å². The van der Waals surface area contributed by atoms with E-state index in [1.807, 2.05) is 24.4 Å². The van der Waals surface area contributed by atoms with Crippen LogP contribution in [0.1, 0.15) is 62.6 Å². The van der Waals surface area contributed by atoms with E-state index in [2.05, 4.69) is 54.8 Å². The third-order valence-electron chi connectivity index (χ3n) is 7.79. The molecular weight excluding hydrogens is 413 g/mol. The maximum Gasteiger partial charge on any atom is 0.165 e. The van der Waals surface area contributed by atoms with Crippen LogP contribution in [0.25, 0.3) is 0 Å². The van der Waals surface area contributed by atoms with E-state index >= 15 is 4.39 Å². The number of aliphatic imine (C=N–C) groups is 2. The number of aromatic nitrogens is 1. The summed E-state index contributed by atoms with van der Waals surface area (Å²) in [6.07, 6.45) is 6.74. The number of pyridine rings is 1. The van der Waals surface area contributed by atoms with Crippen LogP contribution >= 0.6 is 0 Å². The molecule has 0 amide bonds. The Balaban J connectivity index is 1.33. The SMILES string of the molecule is CCC1(C)C(C)=Nc2ccc(C3=NCN(c4ccc(C5CCN(C)CC5)cn4)C=C3F)cc21. The van der Waals surface area contributed by atoms with E-state index in [1.165, 1.54) is 11.8 Å². The Morgan fingerprint density at radius 3 is 2.61 bits per heavy atom. The van der Waals surface area contributed by atoms with Crippen LogP contribution in [0.3, 0.4) is 0 Å². The Morgan fingerprint density at radius 2 is 1.94 bits per heavy atom. The normalized spacial score (nSPS) is 23.8. The summed E-state index contributed by atoms with van der Waals surface area (Å²) in [5.41, 5.74) is 5.62. The molecule has 3 aliphatic rings. The molecule has 1 unspecified atom stereocenters. The van der Waals surface area contributed by atoms with Crippen molar-refractivity contribution in [1.82, 2.24) is 9.88 Å². The van der Waals surface area contributed by atoms with E-state index < -0.39 is 0 Å². The van der Waals surface area contributed by atoms with Crippen LogP contribution < -0.4 is 4.90 Å². The second-order valence-corrected chi connectivity index (χ2v) is 9.74. The predicted molar refractivity (Wildman–Crippen MR) is 134 cm³/mol. The fraction of sp³-hybridized carbons (Fsp3) is 0.444. The maximum absolute atomic E-state index is 15.2. The lowest BCUT2D eigenvalue weighted by Crippen LogP contribution is -2.29. The first-order valence-corrected chi connectivity index (χ1v) is 11.9. The number of likely N-dealkylation sites (tertiary alicyclic amines) is 1. The van der Waals surface area contributed by atoms with Crippen molar-refractivity contribution in [2.75, 3.05) is 31.7 Å². The van der Waals surface area contributed by atoms with Crippen LogP contribution in [0.2, 0.25) is 0 Å². The van der Waals surface area contributed by atoms with Crippen molar-refractivity contribution in [2.24, 2.45) is 9.98 Å². The topological polar surface area (TPSA) is 44.1 Å². The van der Waals surface area contributed by atoms with Gasteiger partial charge >= 0.3 is 0 Å². The van der Waals surface area contributed by atoms with Gasteiger partial charge in [0.25, 0.3) is 0 Å². The summed E-state index contributed by atoms with van der Waals surface area (Å²) in [5, 5.41) is 0. The van der Waals surface area contributed by atoms with Gasteiger partial charge < -0.3 is 9.80 Å². The number of piperidine rings is 1. The Labute approximate surface area is 195 Å². The Kier molecular flexibility index (Phi) is 5.65. The summed E-state index contributed by atoms with van der Waals surface area (Å²) in [6.45, 7) is 9.04. The van der Waals surface area contributed by atoms with Gasteiger partial charge in [-0.3, -0.25) is 9.98 Å². The second-order valence-electron chi connectivity index (χ2n) is 9.74. The monoisotopic (exact) mass is 445 g/mol. The first-order chi connectivity index (χ1) is 15.9. The van der Waals surface area contributed by atoms with Gasteiger partial charge in [0.2, 0.25) is 0 Å². The molecule has 0 spiro atoms. The molecule has 0 radical (unpaired) electrons. The first kappa shape index (κ1) is 22.0. The van der Waals surface area contributed by atoms with Gasteiger partial charge in [0.1, 0.15) is 18.2 Å². The van der Waals surface area contributed by atoms with Gasteiger partial charge in [0.05, 0.1) is 5.69 Å². The number of hydrogen-bond acceptors (Lipinski definition) is 5. The molecule has 0 saturated carbocycles. The van der Waals surface area contributed by atoms with Gasteiger partial charge in [-0.25, -0.2) is 9.37 Å². The van der Waals surface area contributed by atoms with E-state index in [-0.39, 0.29) is 11.2 Å². The van der Waals surface area contributed by atoms with Gasteiger partial charge in [0.15, 0.2) is 5.83 Å². The smallest absolute Gasteiger partial charge is 0.165 e. The molecule has 5 rings (SSSR count). The van der Waals surface area contributed by atoms with E-state index in [1.54, 1.807) is 4.90 Å². The van der Waals surface area contributed by atoms with Crippen LogP contribution in [0.4, 0.5) is 15.9 Å². The number of nitrogens with zero attached hydrogens (tertiary/aromatic N) is 5. The van der Waals surface area contributed by atoms with E-state index in [0.29, 0.717) is 18.3 Å². The molecule has 0 bridgehead atoms. The molecule has 3 aliphatic heterocycles. The third-order valence-corrected chi connectivity index (χ3v) is 7.79. The summed E-state index contributed by atoms with van der Waals surface area (Å²) in [6, 6.07) is 10.1. The zero-order valence-electron chi connectivity index (χ0n) is 20.0. The van der Waals surface area contributed by atoms with E-state index in [0.717, 1.165) is 60.7 Å². The van der Waals surface area contributed by atoms with Gasteiger partial charge in [-0.05, 0) is 81.6 Å². The number of hydrogen-bond donors (Lipinski definition) is 0. The first-order valence-electron chi connectivity index (χ1n) is 11.9. The Morgan fingerprint density at radius 1 is 1.15 bits per heavy atom. The van der Waals surface area contributed by atoms with Crippen molar-refractivity contribution in [2.45, 2.75) is 51.4 Å². The lowest BCUT2D eigenvalue weighted by molar-refractivity contribution is 0.255. The Bertz CT molecular complexity index is 1140. The molecule has 1 atom stereocenters. The van der Waals surface area contributed by atoms with E-state index in [4.69, 9.17) is 4.99 Å². The third kappa shape index (κ3) is 3.90. The van der Waals surface area contributed by atoms with Crippen molar-refractivity contribution in [3.8, 4) is 0 Å². The molecule has 1 fully saturated rings. The molecule has 33 heavy (non-hydrogen) atoms. The van der Waals surface area contributed by atoms with Crippen molar-refractivity contribution in [3.05, 3.63) is 65.2 Å². The van der Waals surface area contributed by atoms with Crippen LogP contribution in [-0.4, -0.2) is 48.1 Å². The maximum atomic E-state index is 15.2. The number of allylic oxidation sites excluding steroid dienone is 1. The molecular formula is C27H32FN5. The molecule has 6 heteroatoms. The van der Waals surface area contributed by atoms with Crippen molar-refractivity contribution in [1.29, 1.82) is 0 Å². The highest BCUT2D eigenvalue weighted by molar-refractivity contribution is 6.13. The summed E-state index contributed by atoms with van der Waals surface area (Å²) < 4.78 is 15.2. The molecule has 172 valence electrons. The standard InChI is InChI=1S/C27H32FN5/c1-5-27(3)18(2)31-24-8-6-20(14-22(24)27)26-23(28)16-33(17-30-26)25-9-7-21(15-29-25)19-10-12-32(4)13-11-19/h6-9,14-16,19H,5,10-13,17H2,1-4H3. The number of benzene rings is 1. The lowest BCUT2D eigenvalue weighted by Gasteiger charge is -2.29. The average Bonchev–Trinajstić information content (AvgIpc) is 3.09. The molecule has 1 saturated heterocycles. The molecule has 5 nitrogen and oxygen atoms in total. The summed E-state index contributed by atoms with van der Waals surface area (Å²) >= 11 is 0. The van der Waals surface area contributed by atoms with Crippen LogP contribution in [-0.2, 0) is 5.41 Å². The number of halogens is 1. The molecule has 1 aromatic carbocycles. The predicted octanol–water partition coefficient (Wildman–Crippen LogP) is 5.74. The lowest BCUT2D eigenvalue weighted by atomic mass is 9.77. The molecule has 0 aliphatic carbocycles. The largest absolute Gasteiger partial charge is 0.310 e. The molecule has 0 N–H and O–H groups in total. The highest BCUT2D eigenvalue weighted by Gasteiger charge is 2.35. The zero-order chi connectivity index (χ0) is 23.2. The van der Waals surface area contributed by atoms with Crippen molar-refractivity contribution < 1.29 is 4.39 Å². The van der Waals surface area contributed by atoms with Gasteiger partial charge in [-0.1, -0.05) is 26.0 Å². The minimum atomic E-state index is -0.337. The minimum absolute atomic E-state index is 0.105. The van der Waals surface area contributed by atoms with Gasteiger partial charge in [-0.2, -0.15) is 0 Å².